The number of likely N-dealkylation sites (tertiary alicyclic amines) is 1. The van der Waals surface area contributed by atoms with E-state index >= 15 is 0 Å². The molecule has 2 amide bonds. The Morgan fingerprint density at radius 3 is 2.65 bits per heavy atom. The summed E-state index contributed by atoms with van der Waals surface area (Å²) in [5.41, 5.74) is 8.11. The van der Waals surface area contributed by atoms with Crippen molar-refractivity contribution in [2.45, 2.75) is 25.8 Å². The van der Waals surface area contributed by atoms with Gasteiger partial charge in [-0.3, -0.25) is 9.59 Å². The molecular weight excluding hydrogens is 452 g/mol. The molecule has 1 aliphatic rings. The van der Waals surface area contributed by atoms with E-state index in [0.29, 0.717) is 24.5 Å². The summed E-state index contributed by atoms with van der Waals surface area (Å²) in [4.78, 5) is 37.5. The fourth-order valence-corrected chi connectivity index (χ4v) is 4.50. The largest absolute Gasteiger partial charge is 0.378 e. The van der Waals surface area contributed by atoms with Crippen molar-refractivity contribution in [3.05, 3.63) is 53.5 Å². The fraction of sp³-hybridized carbons (Fsp3) is 0.348. The highest BCUT2D eigenvalue weighted by molar-refractivity contribution is 7.10. The van der Waals surface area contributed by atoms with Crippen molar-refractivity contribution in [2.75, 3.05) is 42.7 Å². The summed E-state index contributed by atoms with van der Waals surface area (Å²) >= 11 is 1.26. The van der Waals surface area contributed by atoms with Crippen molar-refractivity contribution < 1.29 is 9.59 Å². The summed E-state index contributed by atoms with van der Waals surface area (Å²) < 4.78 is 4.23. The Bertz CT molecular complexity index is 1180. The van der Waals surface area contributed by atoms with Crippen molar-refractivity contribution in [3.63, 3.8) is 0 Å². The van der Waals surface area contributed by atoms with E-state index in [2.05, 4.69) is 25.0 Å². The Morgan fingerprint density at radius 2 is 2.00 bits per heavy atom. The molecule has 0 aliphatic carbocycles. The molecule has 4 N–H and O–H groups in total. The lowest BCUT2D eigenvalue weighted by Gasteiger charge is -2.33. The monoisotopic (exact) mass is 480 g/mol. The molecule has 3 aromatic rings. The number of primary amides is 1. The zero-order valence-corrected chi connectivity index (χ0v) is 20.2. The Kier molecular flexibility index (Phi) is 6.92. The molecular formula is C23H28N8O2S. The normalized spacial score (nSPS) is 15.6. The van der Waals surface area contributed by atoms with Crippen molar-refractivity contribution in [2.24, 2.45) is 5.73 Å². The van der Waals surface area contributed by atoms with E-state index in [-0.39, 0.29) is 23.5 Å². The Labute approximate surface area is 202 Å². The third-order valence-electron chi connectivity index (χ3n) is 5.57. The number of amides is 2. The Balaban J connectivity index is 1.46. The maximum atomic E-state index is 13.0. The lowest BCUT2D eigenvalue weighted by Crippen LogP contribution is -2.45. The predicted octanol–water partition coefficient (Wildman–Crippen LogP) is 2.87. The third kappa shape index (κ3) is 5.42. The van der Waals surface area contributed by atoms with Crippen LogP contribution in [-0.2, 0) is 0 Å². The minimum absolute atomic E-state index is 0.00553. The molecule has 1 saturated heterocycles. The van der Waals surface area contributed by atoms with E-state index in [1.165, 1.54) is 17.7 Å². The minimum atomic E-state index is -0.669. The number of nitrogens with one attached hydrogen (secondary N) is 2. The highest BCUT2D eigenvalue weighted by atomic mass is 32.1. The van der Waals surface area contributed by atoms with Crippen LogP contribution in [0, 0.1) is 6.92 Å². The van der Waals surface area contributed by atoms with Crippen LogP contribution in [0.2, 0.25) is 0 Å². The Hall–Kier alpha value is -3.73. The zero-order valence-electron chi connectivity index (χ0n) is 19.4. The average molecular weight is 481 g/mol. The Morgan fingerprint density at radius 1 is 1.24 bits per heavy atom. The number of hydrogen-bond donors (Lipinski definition) is 3. The van der Waals surface area contributed by atoms with E-state index < -0.39 is 5.91 Å². The second-order valence-corrected chi connectivity index (χ2v) is 9.26. The number of aryl methyl sites for hydroxylation is 1. The number of aromatic nitrogens is 3. The van der Waals surface area contributed by atoms with Crippen molar-refractivity contribution >= 4 is 45.7 Å². The number of benzene rings is 1. The van der Waals surface area contributed by atoms with E-state index in [4.69, 9.17) is 5.73 Å². The molecule has 10 nitrogen and oxygen atoms in total. The van der Waals surface area contributed by atoms with Crippen LogP contribution in [0.25, 0.3) is 0 Å². The molecule has 34 heavy (non-hydrogen) atoms. The summed E-state index contributed by atoms with van der Waals surface area (Å²) in [6, 6.07) is 9.48. The number of carbonyl (C=O) groups is 2. The van der Waals surface area contributed by atoms with Gasteiger partial charge in [-0.1, -0.05) is 0 Å². The molecule has 2 aromatic heterocycles. The van der Waals surface area contributed by atoms with Crippen molar-refractivity contribution in [3.8, 4) is 0 Å². The molecule has 0 radical (unpaired) electrons. The molecule has 1 atom stereocenters. The van der Waals surface area contributed by atoms with E-state index in [0.717, 1.165) is 29.2 Å². The average Bonchev–Trinajstić information content (AvgIpc) is 3.23. The van der Waals surface area contributed by atoms with Crippen molar-refractivity contribution in [1.82, 2.24) is 19.2 Å². The van der Waals surface area contributed by atoms with E-state index in [1.54, 1.807) is 0 Å². The topological polar surface area (TPSA) is 129 Å². The number of nitrogens with zero attached hydrogens (tertiary/aromatic N) is 5. The quantitative estimate of drug-likeness (QED) is 0.471. The van der Waals surface area contributed by atoms with Gasteiger partial charge in [-0.25, -0.2) is 9.97 Å². The first kappa shape index (κ1) is 23.4. The van der Waals surface area contributed by atoms with Crippen LogP contribution >= 0.6 is 11.5 Å². The van der Waals surface area contributed by atoms with E-state index in [1.807, 2.05) is 61.2 Å². The summed E-state index contributed by atoms with van der Waals surface area (Å²) in [6.45, 7) is 3.13. The third-order valence-corrected chi connectivity index (χ3v) is 6.36. The van der Waals surface area contributed by atoms with Gasteiger partial charge in [0.05, 0.1) is 11.9 Å². The van der Waals surface area contributed by atoms with Gasteiger partial charge in [-0.2, -0.15) is 4.37 Å². The van der Waals surface area contributed by atoms with Crippen molar-refractivity contribution in [1.29, 1.82) is 0 Å². The molecule has 0 spiro atoms. The number of piperidine rings is 1. The number of anilines is 4. The van der Waals surface area contributed by atoms with Gasteiger partial charge in [-0.05, 0) is 61.6 Å². The molecule has 3 heterocycles. The van der Waals surface area contributed by atoms with Gasteiger partial charge in [0.1, 0.15) is 10.8 Å². The lowest BCUT2D eigenvalue weighted by molar-refractivity contribution is 0.0714. The van der Waals surface area contributed by atoms with Crippen LogP contribution in [0.15, 0.2) is 36.5 Å². The van der Waals surface area contributed by atoms with Crippen LogP contribution in [0.1, 0.15) is 39.4 Å². The lowest BCUT2D eigenvalue weighted by atomic mass is 10.0. The summed E-state index contributed by atoms with van der Waals surface area (Å²) in [5, 5.41) is 7.18. The summed E-state index contributed by atoms with van der Waals surface area (Å²) in [6.07, 6.45) is 3.25. The van der Waals surface area contributed by atoms with Gasteiger partial charge in [0.25, 0.3) is 11.8 Å². The predicted molar refractivity (Wildman–Crippen MR) is 134 cm³/mol. The molecule has 1 aromatic carbocycles. The second-order valence-electron chi connectivity index (χ2n) is 8.45. The van der Waals surface area contributed by atoms with E-state index in [9.17, 15) is 9.59 Å². The number of hydrogen-bond acceptors (Lipinski definition) is 9. The van der Waals surface area contributed by atoms with Crippen LogP contribution < -0.4 is 21.3 Å². The minimum Gasteiger partial charge on any atom is -0.378 e. The van der Waals surface area contributed by atoms with Crippen LogP contribution in [0.5, 0.6) is 0 Å². The van der Waals surface area contributed by atoms with Gasteiger partial charge >= 0.3 is 0 Å². The molecule has 178 valence electrons. The molecule has 4 rings (SSSR count). The van der Waals surface area contributed by atoms with Crippen LogP contribution in [0.3, 0.4) is 0 Å². The first-order valence-electron chi connectivity index (χ1n) is 11.0. The second kappa shape index (κ2) is 10.0. The number of nitrogens with two attached hydrogens (primary N) is 1. The molecule has 0 bridgehead atoms. The fourth-order valence-electron chi connectivity index (χ4n) is 3.84. The van der Waals surface area contributed by atoms with Crippen LogP contribution in [-0.4, -0.2) is 64.3 Å². The van der Waals surface area contributed by atoms with Gasteiger partial charge in [-0.15, -0.1) is 0 Å². The number of rotatable bonds is 7. The smallest absolute Gasteiger partial charge is 0.271 e. The molecule has 11 heteroatoms. The molecule has 1 fully saturated rings. The SMILES string of the molecule is Cc1cc(Nc2nc(N[C@H]3CCCN(C(=O)c4ccc(N(C)C)cc4)C3)cnc2C(N)=O)sn1. The zero-order chi connectivity index (χ0) is 24.2. The highest BCUT2D eigenvalue weighted by Gasteiger charge is 2.25. The standard InChI is InChI=1S/C23H28N8O2S/c1-14-11-19(34-29-14)28-22-20(21(24)32)25-12-18(27-22)26-16-5-4-10-31(13-16)23(33)15-6-8-17(9-7-15)30(2)3/h6-9,11-12,16H,4-5,10,13H2,1-3H3,(H2,24,32)(H2,26,27,28)/t16-/m0/s1. The summed E-state index contributed by atoms with van der Waals surface area (Å²) in [5.74, 6) is 0.113. The first-order chi connectivity index (χ1) is 16.3. The van der Waals surface area contributed by atoms with Crippen LogP contribution in [0.4, 0.5) is 22.3 Å². The number of carbonyl (C=O) groups excluding carboxylic acids is 2. The van der Waals surface area contributed by atoms with Gasteiger partial charge in [0.2, 0.25) is 0 Å². The van der Waals surface area contributed by atoms with Gasteiger partial charge in [0, 0.05) is 44.5 Å². The first-order valence-corrected chi connectivity index (χ1v) is 11.8. The molecule has 1 aliphatic heterocycles. The maximum absolute atomic E-state index is 13.0. The molecule has 0 saturated carbocycles. The maximum Gasteiger partial charge on any atom is 0.271 e. The molecule has 0 unspecified atom stereocenters. The summed E-state index contributed by atoms with van der Waals surface area (Å²) in [7, 11) is 3.94. The highest BCUT2D eigenvalue weighted by Crippen LogP contribution is 2.24. The van der Waals surface area contributed by atoms with Gasteiger partial charge in [0.15, 0.2) is 11.5 Å². The van der Waals surface area contributed by atoms with Gasteiger partial charge < -0.3 is 26.2 Å².